The molecule has 6 aromatic rings. The van der Waals surface area contributed by atoms with Crippen molar-refractivity contribution in [3.05, 3.63) is 127 Å². The quantitative estimate of drug-likeness (QED) is 0.107. The van der Waals surface area contributed by atoms with Crippen molar-refractivity contribution in [2.24, 2.45) is 10.4 Å². The number of rotatable bonds is 11. The van der Waals surface area contributed by atoms with Crippen LogP contribution in [-0.4, -0.2) is 91.0 Å². The minimum absolute atomic E-state index is 0.00660. The van der Waals surface area contributed by atoms with E-state index in [-0.39, 0.29) is 36.9 Å². The summed E-state index contributed by atoms with van der Waals surface area (Å²) < 4.78 is 7.01. The molecule has 2 aliphatic rings. The number of aryl methyl sites for hydroxylation is 3. The normalized spacial score (nSPS) is 17.7. The number of aliphatic hydroxyl groups excluding tert-OH is 1. The number of β-amino-alcohol motifs (C(OH)–C–C–N with tert-alkyl or cyclic N) is 1. The van der Waals surface area contributed by atoms with Crippen molar-refractivity contribution in [1.82, 2.24) is 35.3 Å². The number of benzene rings is 3. The lowest BCUT2D eigenvalue weighted by Gasteiger charge is -2.35. The maximum atomic E-state index is 14.4. The van der Waals surface area contributed by atoms with E-state index in [0.29, 0.717) is 22.2 Å². The van der Waals surface area contributed by atoms with Gasteiger partial charge in [-0.2, -0.15) is 0 Å². The maximum Gasteiger partial charge on any atom is 0.308 e. The minimum atomic E-state index is -1.04. The Morgan fingerprint density at radius 3 is 2.27 bits per heavy atom. The van der Waals surface area contributed by atoms with Crippen molar-refractivity contribution in [3.8, 4) is 26.6 Å². The molecule has 1 saturated heterocycles. The first-order valence-corrected chi connectivity index (χ1v) is 24.1. The van der Waals surface area contributed by atoms with Crippen LogP contribution in [0.1, 0.15) is 107 Å². The van der Waals surface area contributed by atoms with Gasteiger partial charge in [-0.05, 0) is 74.4 Å². The van der Waals surface area contributed by atoms with Crippen LogP contribution in [-0.2, 0) is 19.1 Å². The van der Waals surface area contributed by atoms with Gasteiger partial charge in [0.1, 0.15) is 29.0 Å². The summed E-state index contributed by atoms with van der Waals surface area (Å²) in [7, 11) is 1.35. The summed E-state index contributed by atoms with van der Waals surface area (Å²) in [5.74, 6) is -0.520. The second-order valence-electron chi connectivity index (χ2n) is 18.2. The van der Waals surface area contributed by atoms with Crippen molar-refractivity contribution in [1.29, 1.82) is 0 Å². The van der Waals surface area contributed by atoms with Crippen LogP contribution in [0, 0.1) is 33.1 Å². The number of carbonyl (C=O) groups excluding carboxylic acids is 4. The fourth-order valence-corrected chi connectivity index (χ4v) is 11.0. The largest absolute Gasteiger partial charge is 0.469 e. The lowest BCUT2D eigenvalue weighted by molar-refractivity contribution is -0.142. The van der Waals surface area contributed by atoms with Gasteiger partial charge in [-0.25, -0.2) is 4.98 Å². The molecule has 2 aliphatic heterocycles. The molecule has 8 rings (SSSR count). The van der Waals surface area contributed by atoms with Gasteiger partial charge in [-0.3, -0.25) is 28.7 Å². The zero-order valence-corrected chi connectivity index (χ0v) is 41.2. The van der Waals surface area contributed by atoms with Crippen molar-refractivity contribution >= 4 is 63.7 Å². The number of aromatic nitrogens is 4. The molecule has 0 aliphatic carbocycles. The number of thiazole rings is 1. The Balaban J connectivity index is 0.983. The number of likely N-dealkylation sites (tertiary alicyclic amines) is 1. The van der Waals surface area contributed by atoms with Gasteiger partial charge in [-0.15, -0.1) is 32.9 Å². The first kappa shape index (κ1) is 47.4. The lowest BCUT2D eigenvalue weighted by Crippen LogP contribution is -2.57. The first-order valence-electron chi connectivity index (χ1n) is 22.0. The van der Waals surface area contributed by atoms with Crippen LogP contribution in [0.4, 0.5) is 0 Å². The first-order chi connectivity index (χ1) is 31.8. The lowest BCUT2D eigenvalue weighted by atomic mass is 9.85. The van der Waals surface area contributed by atoms with Gasteiger partial charge < -0.3 is 25.4 Å². The van der Waals surface area contributed by atoms with Crippen molar-refractivity contribution < 1.29 is 29.0 Å². The third-order valence-corrected chi connectivity index (χ3v) is 15.0. The molecule has 0 spiro atoms. The van der Waals surface area contributed by atoms with Crippen LogP contribution in [0.25, 0.3) is 26.6 Å². The van der Waals surface area contributed by atoms with E-state index < -0.39 is 47.4 Å². The number of methoxy groups -OCH3 is 1. The molecule has 5 atom stereocenters. The highest BCUT2D eigenvalue weighted by atomic mass is 35.5. The highest BCUT2D eigenvalue weighted by Gasteiger charge is 2.45. The molecular formula is C50H53ClN8O6S2. The zero-order valence-electron chi connectivity index (χ0n) is 38.8. The Labute approximate surface area is 402 Å². The van der Waals surface area contributed by atoms with E-state index >= 15 is 0 Å². The SMILES string of the molecule is COC(=O)C[C@@H]1N=C(c2ccc(-c3ccc(C(=O)N[C@H](C(=O)N4C[C@H](O)C[C@H]4C(=O)N[C@@H](C)c4ccc(-c5scnc5C)cc4)C(C)(C)C)cc3Cl)cc2)c2c(sc(C)c2C)-n2c(C)nnc21. The third-order valence-electron chi connectivity index (χ3n) is 12.6. The fraction of sp³-hybridized carbons (Fsp3) is 0.360. The van der Waals surface area contributed by atoms with Gasteiger partial charge in [-0.1, -0.05) is 87.0 Å². The monoisotopic (exact) mass is 960 g/mol. The number of hydrogen-bond acceptors (Lipinski definition) is 12. The summed E-state index contributed by atoms with van der Waals surface area (Å²) in [5.41, 5.74) is 9.22. The molecule has 0 bridgehead atoms. The molecule has 1 fully saturated rings. The van der Waals surface area contributed by atoms with Gasteiger partial charge >= 0.3 is 5.97 Å². The third kappa shape index (κ3) is 9.44. The van der Waals surface area contributed by atoms with E-state index in [1.54, 1.807) is 40.9 Å². The summed E-state index contributed by atoms with van der Waals surface area (Å²) in [6.45, 7) is 15.3. The summed E-state index contributed by atoms with van der Waals surface area (Å²) in [6, 6.07) is 17.7. The highest BCUT2D eigenvalue weighted by Crippen LogP contribution is 2.40. The van der Waals surface area contributed by atoms with E-state index in [2.05, 4.69) is 39.7 Å². The van der Waals surface area contributed by atoms with E-state index in [4.69, 9.17) is 21.3 Å². The molecule has 0 unspecified atom stereocenters. The average molecular weight is 962 g/mol. The standard InChI is InChI=1S/C50H53ClN8O6S2/c1-25-28(4)67-49-41(25)42(54-38(22-40(61)65-9)45-57-56-29(5)59(45)49)32-14-12-31(13-15-32)36-19-18-34(20-37(36)51)46(62)55-44(50(6,7)8)48(64)58-23-35(60)21-39(58)47(63)53-26(2)30-10-16-33(17-11-30)43-27(3)52-24-66-43/h10-20,24,26,35,38-39,44,60H,21-23H2,1-9H3,(H,53,63)(H,55,62)/t26-,35+,38-,39-,44+/m0/s1. The van der Waals surface area contributed by atoms with E-state index in [1.165, 1.54) is 12.0 Å². The molecule has 0 radical (unpaired) electrons. The average Bonchev–Trinajstić information content (AvgIpc) is 4.07. The van der Waals surface area contributed by atoms with Crippen LogP contribution < -0.4 is 10.6 Å². The van der Waals surface area contributed by atoms with Crippen LogP contribution in [0.15, 0.2) is 77.2 Å². The van der Waals surface area contributed by atoms with Gasteiger partial charge in [0.2, 0.25) is 11.8 Å². The summed E-state index contributed by atoms with van der Waals surface area (Å²) in [4.78, 5) is 67.9. The molecule has 67 heavy (non-hydrogen) atoms. The predicted molar refractivity (Wildman–Crippen MR) is 261 cm³/mol. The van der Waals surface area contributed by atoms with Gasteiger partial charge in [0, 0.05) is 45.1 Å². The Morgan fingerprint density at radius 1 is 0.940 bits per heavy atom. The van der Waals surface area contributed by atoms with E-state index in [9.17, 15) is 24.3 Å². The van der Waals surface area contributed by atoms with Crippen molar-refractivity contribution in [3.63, 3.8) is 0 Å². The van der Waals surface area contributed by atoms with Gasteiger partial charge in [0.05, 0.1) is 47.5 Å². The molecule has 348 valence electrons. The molecule has 3 aromatic carbocycles. The molecule has 3 N–H and O–H groups in total. The highest BCUT2D eigenvalue weighted by molar-refractivity contribution is 7.15. The van der Waals surface area contributed by atoms with E-state index in [1.807, 2.05) is 100 Å². The topological polar surface area (TPSA) is 181 Å². The molecule has 3 amide bonds. The number of fused-ring (bicyclic) bond motifs is 3. The number of nitrogens with zero attached hydrogens (tertiary/aromatic N) is 6. The smallest absolute Gasteiger partial charge is 0.308 e. The number of hydrogen-bond donors (Lipinski definition) is 3. The Morgan fingerprint density at radius 2 is 1.63 bits per heavy atom. The maximum absolute atomic E-state index is 14.4. The molecule has 5 heterocycles. The van der Waals surface area contributed by atoms with Crippen LogP contribution in [0.2, 0.25) is 5.02 Å². The van der Waals surface area contributed by atoms with Crippen molar-refractivity contribution in [2.45, 2.75) is 98.5 Å². The molecule has 14 nitrogen and oxygen atoms in total. The number of aliphatic hydroxyl groups is 1. The van der Waals surface area contributed by atoms with Crippen LogP contribution >= 0.6 is 34.3 Å². The van der Waals surface area contributed by atoms with Crippen molar-refractivity contribution in [2.75, 3.05) is 13.7 Å². The Bertz CT molecular complexity index is 2920. The second kappa shape index (κ2) is 18.9. The van der Waals surface area contributed by atoms with Crippen LogP contribution in [0.5, 0.6) is 0 Å². The minimum Gasteiger partial charge on any atom is -0.469 e. The number of nitrogens with one attached hydrogen (secondary N) is 2. The molecule has 0 saturated carbocycles. The number of aliphatic imine (C=N–C) groups is 1. The number of ether oxygens (including phenoxy) is 1. The number of halogens is 1. The van der Waals surface area contributed by atoms with Gasteiger partial charge in [0.15, 0.2) is 5.82 Å². The number of thiophene rings is 1. The Hall–Kier alpha value is -6.07. The molecular weight excluding hydrogens is 908 g/mol. The molecule has 3 aromatic heterocycles. The summed E-state index contributed by atoms with van der Waals surface area (Å²) in [5, 5.41) is 26.8. The zero-order chi connectivity index (χ0) is 48.1. The Kier molecular flexibility index (Phi) is 13.4. The summed E-state index contributed by atoms with van der Waals surface area (Å²) >= 11 is 10.1. The molecule has 17 heteroatoms. The van der Waals surface area contributed by atoms with E-state index in [0.717, 1.165) is 59.5 Å². The predicted octanol–water partition coefficient (Wildman–Crippen LogP) is 8.45. The fourth-order valence-electron chi connectivity index (χ4n) is 8.69. The number of carbonyl (C=O) groups is 4. The second-order valence-corrected chi connectivity index (χ2v) is 20.7. The number of amides is 3. The number of esters is 1. The summed E-state index contributed by atoms with van der Waals surface area (Å²) in [6.07, 6.45) is -0.850. The van der Waals surface area contributed by atoms with Crippen LogP contribution in [0.3, 0.4) is 0 Å². The van der Waals surface area contributed by atoms with Gasteiger partial charge in [0.25, 0.3) is 5.91 Å².